The van der Waals surface area contributed by atoms with Gasteiger partial charge >= 0.3 is 11.9 Å². The van der Waals surface area contributed by atoms with Crippen LogP contribution in [0.1, 0.15) is 22.8 Å². The number of non-ortho nitro benzene ring substituents is 2. The Balaban J connectivity index is 1.80. The standard InChI is InChI=1S/C21H15N3O10S/c1-2-33-18(25)11-22-19(26)17(35-21(22)28)7-12-4-3-5-16(6-12)34-20(27)13-8-14(23(29)30)10-15(9-13)24(31)32/h3-10H,2,11H2,1H3/b17-7-. The highest BCUT2D eigenvalue weighted by Crippen LogP contribution is 2.32. The Morgan fingerprint density at radius 2 is 1.71 bits per heavy atom. The maximum atomic E-state index is 12.5. The van der Waals surface area contributed by atoms with Gasteiger partial charge in [-0.05, 0) is 42.5 Å². The van der Waals surface area contributed by atoms with E-state index in [1.54, 1.807) is 13.0 Å². The number of rotatable bonds is 8. The van der Waals surface area contributed by atoms with Gasteiger partial charge in [0.25, 0.3) is 22.5 Å². The molecular formula is C21H15N3O10S. The van der Waals surface area contributed by atoms with E-state index >= 15 is 0 Å². The van der Waals surface area contributed by atoms with Gasteiger partial charge in [-0.2, -0.15) is 0 Å². The molecule has 3 rings (SSSR count). The van der Waals surface area contributed by atoms with Gasteiger partial charge in [0.1, 0.15) is 12.3 Å². The predicted octanol–water partition coefficient (Wildman–Crippen LogP) is 3.32. The molecule has 0 saturated carbocycles. The van der Waals surface area contributed by atoms with Gasteiger partial charge in [-0.1, -0.05) is 12.1 Å². The molecule has 1 saturated heterocycles. The number of imide groups is 1. The average molecular weight is 501 g/mol. The number of ether oxygens (including phenoxy) is 2. The van der Waals surface area contributed by atoms with Crippen molar-refractivity contribution >= 4 is 52.3 Å². The molecule has 1 fully saturated rings. The highest BCUT2D eigenvalue weighted by molar-refractivity contribution is 8.18. The maximum Gasteiger partial charge on any atom is 0.344 e. The molecule has 1 heterocycles. The Bertz CT molecular complexity index is 1260. The molecular weight excluding hydrogens is 486 g/mol. The minimum atomic E-state index is -1.08. The van der Waals surface area contributed by atoms with Crippen LogP contribution in [0.5, 0.6) is 5.75 Å². The van der Waals surface area contributed by atoms with Crippen LogP contribution < -0.4 is 4.74 Å². The number of benzene rings is 2. The smallest absolute Gasteiger partial charge is 0.344 e. The number of thioether (sulfide) groups is 1. The molecule has 14 heteroatoms. The van der Waals surface area contributed by atoms with Gasteiger partial charge in [-0.15, -0.1) is 0 Å². The summed E-state index contributed by atoms with van der Waals surface area (Å²) < 4.78 is 9.93. The second kappa shape index (κ2) is 10.6. The summed E-state index contributed by atoms with van der Waals surface area (Å²) >= 11 is 0.617. The fourth-order valence-corrected chi connectivity index (χ4v) is 3.72. The summed E-state index contributed by atoms with van der Waals surface area (Å²) in [4.78, 5) is 69.8. The third-order valence-electron chi connectivity index (χ3n) is 4.39. The molecule has 0 N–H and O–H groups in total. The van der Waals surface area contributed by atoms with Crippen molar-refractivity contribution in [2.45, 2.75) is 6.92 Å². The molecule has 1 aliphatic rings. The summed E-state index contributed by atoms with van der Waals surface area (Å²) in [6, 6.07) is 8.17. The molecule has 13 nitrogen and oxygen atoms in total. The number of carbonyl (C=O) groups excluding carboxylic acids is 4. The Morgan fingerprint density at radius 3 is 2.31 bits per heavy atom. The van der Waals surface area contributed by atoms with Gasteiger partial charge in [0, 0.05) is 12.1 Å². The third kappa shape index (κ3) is 6.05. The number of nitrogens with zero attached hydrogens (tertiary/aromatic N) is 3. The zero-order chi connectivity index (χ0) is 25.7. The summed E-state index contributed by atoms with van der Waals surface area (Å²) in [7, 11) is 0. The van der Waals surface area contributed by atoms with Gasteiger partial charge in [0.05, 0.1) is 33.0 Å². The monoisotopic (exact) mass is 501 g/mol. The van der Waals surface area contributed by atoms with Gasteiger partial charge in [0.2, 0.25) is 0 Å². The van der Waals surface area contributed by atoms with E-state index in [1.165, 1.54) is 24.3 Å². The van der Waals surface area contributed by atoms with Crippen LogP contribution in [0.2, 0.25) is 0 Å². The zero-order valence-electron chi connectivity index (χ0n) is 17.9. The van der Waals surface area contributed by atoms with Crippen molar-refractivity contribution < 1.29 is 38.5 Å². The molecule has 2 aromatic rings. The molecule has 2 amide bonds. The van der Waals surface area contributed by atoms with Crippen LogP contribution >= 0.6 is 11.8 Å². The summed E-state index contributed by atoms with van der Waals surface area (Å²) in [5.41, 5.74) is -1.35. The minimum absolute atomic E-state index is 0.0244. The summed E-state index contributed by atoms with van der Waals surface area (Å²) in [5.74, 6) is -2.53. The lowest BCUT2D eigenvalue weighted by molar-refractivity contribution is -0.394. The topological polar surface area (TPSA) is 176 Å². The van der Waals surface area contributed by atoms with E-state index in [1.807, 2.05) is 0 Å². The van der Waals surface area contributed by atoms with Crippen molar-refractivity contribution in [3.05, 3.63) is 78.7 Å². The zero-order valence-corrected chi connectivity index (χ0v) is 18.7. The predicted molar refractivity (Wildman–Crippen MR) is 120 cm³/mol. The van der Waals surface area contributed by atoms with Crippen molar-refractivity contribution in [1.82, 2.24) is 4.90 Å². The van der Waals surface area contributed by atoms with Gasteiger partial charge in [0.15, 0.2) is 0 Å². The number of amides is 2. The normalized spacial score (nSPS) is 14.2. The average Bonchev–Trinajstić information content (AvgIpc) is 3.06. The number of hydrogen-bond acceptors (Lipinski definition) is 11. The van der Waals surface area contributed by atoms with Crippen LogP contribution in [0, 0.1) is 20.2 Å². The first-order valence-corrected chi connectivity index (χ1v) is 10.6. The van der Waals surface area contributed by atoms with Crippen molar-refractivity contribution in [1.29, 1.82) is 0 Å². The van der Waals surface area contributed by atoms with Crippen molar-refractivity contribution in [3.8, 4) is 5.75 Å². The highest BCUT2D eigenvalue weighted by Gasteiger charge is 2.36. The first-order valence-electron chi connectivity index (χ1n) is 9.76. The molecule has 0 atom stereocenters. The lowest BCUT2D eigenvalue weighted by Crippen LogP contribution is -2.34. The molecule has 35 heavy (non-hydrogen) atoms. The molecule has 0 spiro atoms. The Hall–Kier alpha value is -4.59. The van der Waals surface area contributed by atoms with E-state index in [0.717, 1.165) is 17.0 Å². The summed E-state index contributed by atoms with van der Waals surface area (Å²) in [5, 5.41) is 21.4. The maximum absolute atomic E-state index is 12.5. The molecule has 0 aliphatic carbocycles. The first-order chi connectivity index (χ1) is 16.6. The summed E-state index contributed by atoms with van der Waals surface area (Å²) in [6.07, 6.45) is 1.35. The third-order valence-corrected chi connectivity index (χ3v) is 5.30. The second-order valence-electron chi connectivity index (χ2n) is 6.79. The number of nitro benzene ring substituents is 2. The van der Waals surface area contributed by atoms with E-state index in [4.69, 9.17) is 9.47 Å². The van der Waals surface area contributed by atoms with Crippen LogP contribution in [0.3, 0.4) is 0 Å². The number of hydrogen-bond donors (Lipinski definition) is 0. The molecule has 1 aliphatic heterocycles. The van der Waals surface area contributed by atoms with E-state index in [2.05, 4.69) is 0 Å². The SMILES string of the molecule is CCOC(=O)CN1C(=O)S/C(=C\c2cccc(OC(=O)c3cc([N+](=O)[O-])cc([N+](=O)[O-])c3)c2)C1=O. The molecule has 0 bridgehead atoms. The largest absolute Gasteiger partial charge is 0.465 e. The fraction of sp³-hybridized carbons (Fsp3) is 0.143. The number of carbonyl (C=O) groups is 4. The quantitative estimate of drug-likeness (QED) is 0.170. The van der Waals surface area contributed by atoms with E-state index in [9.17, 15) is 39.4 Å². The lowest BCUT2D eigenvalue weighted by atomic mass is 10.1. The highest BCUT2D eigenvalue weighted by atomic mass is 32.2. The Labute approximate surface area is 200 Å². The van der Waals surface area contributed by atoms with Gasteiger partial charge in [-0.3, -0.25) is 39.5 Å². The van der Waals surface area contributed by atoms with E-state index in [0.29, 0.717) is 23.4 Å². The van der Waals surface area contributed by atoms with Crippen LogP contribution in [-0.2, 0) is 14.3 Å². The number of esters is 2. The second-order valence-corrected chi connectivity index (χ2v) is 7.78. The van der Waals surface area contributed by atoms with Crippen LogP contribution in [0.25, 0.3) is 6.08 Å². The van der Waals surface area contributed by atoms with Gasteiger partial charge < -0.3 is 9.47 Å². The van der Waals surface area contributed by atoms with Crippen molar-refractivity contribution in [2.75, 3.05) is 13.2 Å². The van der Waals surface area contributed by atoms with E-state index in [-0.39, 0.29) is 17.3 Å². The Kier molecular flexibility index (Phi) is 7.56. The van der Waals surface area contributed by atoms with Gasteiger partial charge in [-0.25, -0.2) is 4.79 Å². The molecule has 2 aromatic carbocycles. The molecule has 180 valence electrons. The van der Waals surface area contributed by atoms with E-state index < -0.39 is 56.4 Å². The lowest BCUT2D eigenvalue weighted by Gasteiger charge is -2.10. The minimum Gasteiger partial charge on any atom is -0.465 e. The van der Waals surface area contributed by atoms with Crippen LogP contribution in [0.15, 0.2) is 47.4 Å². The Morgan fingerprint density at radius 1 is 1.06 bits per heavy atom. The van der Waals surface area contributed by atoms with Crippen molar-refractivity contribution in [3.63, 3.8) is 0 Å². The first kappa shape index (κ1) is 25.0. The molecule has 0 aromatic heterocycles. The van der Waals surface area contributed by atoms with Crippen molar-refractivity contribution in [2.24, 2.45) is 0 Å². The molecule has 0 radical (unpaired) electrons. The summed E-state index contributed by atoms with van der Waals surface area (Å²) in [6.45, 7) is 1.16. The number of nitro groups is 2. The van der Waals surface area contributed by atoms with Crippen LogP contribution in [0.4, 0.5) is 16.2 Å². The molecule has 0 unspecified atom stereocenters. The fourth-order valence-electron chi connectivity index (χ4n) is 2.88. The van der Waals surface area contributed by atoms with Crippen LogP contribution in [-0.4, -0.2) is 51.0 Å².